The zero-order valence-electron chi connectivity index (χ0n) is 15.3. The molecule has 0 radical (unpaired) electrons. The standard InChI is InChI=1S/C22H24F2OS/c1-3-5-6-7-8-15-9-11-16(12-10-15)19-14-17-13-18(25-4-2)20(23)21(24)22(17)26-19/h9-14H,3-8H2,1-2H3. The van der Waals surface area contributed by atoms with Gasteiger partial charge >= 0.3 is 0 Å². The van der Waals surface area contributed by atoms with Crippen LogP contribution < -0.4 is 4.74 Å². The normalized spacial score (nSPS) is 11.2. The molecule has 4 heteroatoms. The lowest BCUT2D eigenvalue weighted by molar-refractivity contribution is 0.315. The summed E-state index contributed by atoms with van der Waals surface area (Å²) in [6, 6.07) is 11.9. The Labute approximate surface area is 157 Å². The van der Waals surface area contributed by atoms with Gasteiger partial charge in [-0.2, -0.15) is 4.39 Å². The largest absolute Gasteiger partial charge is 0.491 e. The molecule has 0 spiro atoms. The molecule has 138 valence electrons. The maximum atomic E-state index is 14.3. The van der Waals surface area contributed by atoms with Crippen molar-refractivity contribution >= 4 is 21.4 Å². The van der Waals surface area contributed by atoms with Crippen LogP contribution in [0.5, 0.6) is 5.75 Å². The van der Waals surface area contributed by atoms with E-state index in [9.17, 15) is 8.78 Å². The lowest BCUT2D eigenvalue weighted by atomic mass is 10.0. The first-order valence-corrected chi connectivity index (χ1v) is 10.1. The summed E-state index contributed by atoms with van der Waals surface area (Å²) in [6.45, 7) is 4.27. The summed E-state index contributed by atoms with van der Waals surface area (Å²) in [5.41, 5.74) is 2.35. The molecule has 0 aliphatic carbocycles. The van der Waals surface area contributed by atoms with Gasteiger partial charge in [0.15, 0.2) is 11.6 Å². The third-order valence-electron chi connectivity index (χ3n) is 4.51. The van der Waals surface area contributed by atoms with Crippen molar-refractivity contribution < 1.29 is 13.5 Å². The number of halogens is 2. The number of benzene rings is 2. The molecule has 1 aromatic heterocycles. The van der Waals surface area contributed by atoms with E-state index in [1.807, 2.05) is 6.07 Å². The molecule has 3 rings (SSSR count). The Morgan fingerprint density at radius 3 is 2.38 bits per heavy atom. The van der Waals surface area contributed by atoms with Gasteiger partial charge < -0.3 is 4.74 Å². The molecule has 0 aliphatic heterocycles. The molecule has 3 aromatic rings. The second kappa shape index (κ2) is 8.63. The lowest BCUT2D eigenvalue weighted by Crippen LogP contribution is -1.96. The van der Waals surface area contributed by atoms with Crippen LogP contribution in [0.1, 0.15) is 45.1 Å². The van der Waals surface area contributed by atoms with Crippen LogP contribution >= 0.6 is 11.3 Å². The van der Waals surface area contributed by atoms with Gasteiger partial charge in [-0.3, -0.25) is 0 Å². The van der Waals surface area contributed by atoms with Gasteiger partial charge in [0.25, 0.3) is 0 Å². The lowest BCUT2D eigenvalue weighted by Gasteiger charge is -2.05. The highest BCUT2D eigenvalue weighted by molar-refractivity contribution is 7.22. The fraction of sp³-hybridized carbons (Fsp3) is 0.364. The van der Waals surface area contributed by atoms with Gasteiger partial charge in [0.05, 0.1) is 11.3 Å². The van der Waals surface area contributed by atoms with Crippen molar-refractivity contribution in [1.82, 2.24) is 0 Å². The molecule has 0 amide bonds. The molecule has 0 fully saturated rings. The Morgan fingerprint density at radius 1 is 0.923 bits per heavy atom. The van der Waals surface area contributed by atoms with Crippen LogP contribution in [0.3, 0.4) is 0 Å². The molecule has 1 heterocycles. The smallest absolute Gasteiger partial charge is 0.202 e. The summed E-state index contributed by atoms with van der Waals surface area (Å²) >= 11 is 1.28. The molecule has 0 N–H and O–H groups in total. The van der Waals surface area contributed by atoms with Gasteiger partial charge in [-0.25, -0.2) is 4.39 Å². The maximum Gasteiger partial charge on any atom is 0.202 e. The van der Waals surface area contributed by atoms with Crippen LogP contribution in [0, 0.1) is 11.6 Å². The molecule has 0 saturated carbocycles. The van der Waals surface area contributed by atoms with Crippen LogP contribution in [0.15, 0.2) is 36.4 Å². The van der Waals surface area contributed by atoms with Crippen molar-refractivity contribution in [1.29, 1.82) is 0 Å². The summed E-state index contributed by atoms with van der Waals surface area (Å²) < 4.78 is 33.9. The second-order valence-corrected chi connectivity index (χ2v) is 7.52. The SMILES string of the molecule is CCCCCCc1ccc(-c2cc3cc(OCC)c(F)c(F)c3s2)cc1. The molecular weight excluding hydrogens is 350 g/mol. The highest BCUT2D eigenvalue weighted by Crippen LogP contribution is 2.38. The van der Waals surface area contributed by atoms with Crippen molar-refractivity contribution in [3.8, 4) is 16.2 Å². The Kier molecular flexibility index (Phi) is 6.25. The molecule has 0 saturated heterocycles. The molecule has 0 aliphatic rings. The van der Waals surface area contributed by atoms with Crippen LogP contribution in [0.4, 0.5) is 8.78 Å². The van der Waals surface area contributed by atoms with Crippen LogP contribution in [-0.2, 0) is 6.42 Å². The molecule has 0 bridgehead atoms. The van der Waals surface area contributed by atoms with E-state index in [1.54, 1.807) is 13.0 Å². The number of aryl methyl sites for hydroxylation is 1. The summed E-state index contributed by atoms with van der Waals surface area (Å²) in [5.74, 6) is -1.76. The first-order chi connectivity index (χ1) is 12.6. The molecular formula is C22H24F2OS. The van der Waals surface area contributed by atoms with Crippen LogP contribution in [0.2, 0.25) is 0 Å². The number of hydrogen-bond acceptors (Lipinski definition) is 2. The minimum absolute atomic E-state index is 0.0238. The molecule has 26 heavy (non-hydrogen) atoms. The number of ether oxygens (including phenoxy) is 1. The minimum atomic E-state index is -0.907. The predicted octanol–water partition coefficient (Wildman–Crippen LogP) is 7.37. The zero-order valence-corrected chi connectivity index (χ0v) is 16.1. The van der Waals surface area contributed by atoms with E-state index in [4.69, 9.17) is 4.74 Å². The summed E-state index contributed by atoms with van der Waals surface area (Å²) in [6.07, 6.45) is 6.09. The van der Waals surface area contributed by atoms with Crippen LogP contribution in [0.25, 0.3) is 20.5 Å². The van der Waals surface area contributed by atoms with Crippen LogP contribution in [-0.4, -0.2) is 6.61 Å². The van der Waals surface area contributed by atoms with Crippen molar-refractivity contribution in [3.63, 3.8) is 0 Å². The van der Waals surface area contributed by atoms with Gasteiger partial charge in [0.1, 0.15) is 0 Å². The molecule has 1 nitrogen and oxygen atoms in total. The summed E-state index contributed by atoms with van der Waals surface area (Å²) in [7, 11) is 0. The van der Waals surface area contributed by atoms with Gasteiger partial charge in [-0.1, -0.05) is 50.5 Å². The van der Waals surface area contributed by atoms with E-state index in [2.05, 4.69) is 31.2 Å². The quantitative estimate of drug-likeness (QED) is 0.374. The van der Waals surface area contributed by atoms with E-state index in [1.165, 1.54) is 42.6 Å². The van der Waals surface area contributed by atoms with E-state index < -0.39 is 11.6 Å². The number of rotatable bonds is 8. The van der Waals surface area contributed by atoms with Gasteiger partial charge in [-0.15, -0.1) is 11.3 Å². The zero-order chi connectivity index (χ0) is 18.5. The third kappa shape index (κ3) is 4.07. The van der Waals surface area contributed by atoms with Crippen molar-refractivity contribution in [2.24, 2.45) is 0 Å². The first kappa shape index (κ1) is 18.8. The highest BCUT2D eigenvalue weighted by atomic mass is 32.1. The number of thiophene rings is 1. The van der Waals surface area contributed by atoms with E-state index in [0.717, 1.165) is 16.9 Å². The predicted molar refractivity (Wildman–Crippen MR) is 106 cm³/mol. The number of unbranched alkanes of at least 4 members (excludes halogenated alkanes) is 3. The first-order valence-electron chi connectivity index (χ1n) is 9.27. The van der Waals surface area contributed by atoms with Gasteiger partial charge in [-0.05, 0) is 48.4 Å². The van der Waals surface area contributed by atoms with Crippen molar-refractivity contribution in [3.05, 3.63) is 53.6 Å². The fourth-order valence-electron chi connectivity index (χ4n) is 3.09. The van der Waals surface area contributed by atoms with E-state index in [-0.39, 0.29) is 5.75 Å². The molecule has 0 unspecified atom stereocenters. The van der Waals surface area contributed by atoms with E-state index in [0.29, 0.717) is 16.7 Å². The average Bonchev–Trinajstić information content (AvgIpc) is 3.08. The van der Waals surface area contributed by atoms with Crippen molar-refractivity contribution in [2.45, 2.75) is 46.0 Å². The van der Waals surface area contributed by atoms with Gasteiger partial charge in [0, 0.05) is 4.88 Å². The monoisotopic (exact) mass is 374 g/mol. The van der Waals surface area contributed by atoms with Crippen molar-refractivity contribution in [2.75, 3.05) is 6.61 Å². The highest BCUT2D eigenvalue weighted by Gasteiger charge is 2.17. The second-order valence-electron chi connectivity index (χ2n) is 6.47. The summed E-state index contributed by atoms with van der Waals surface area (Å²) in [4.78, 5) is 0.935. The van der Waals surface area contributed by atoms with Gasteiger partial charge in [0.2, 0.25) is 5.82 Å². The Bertz CT molecular complexity index is 868. The van der Waals surface area contributed by atoms with E-state index >= 15 is 0 Å². The molecule has 0 atom stereocenters. The molecule has 2 aromatic carbocycles. The third-order valence-corrected chi connectivity index (χ3v) is 5.71. The maximum absolute atomic E-state index is 14.3. The Hall–Kier alpha value is -1.94. The number of hydrogen-bond donors (Lipinski definition) is 0. The topological polar surface area (TPSA) is 9.23 Å². The number of fused-ring (bicyclic) bond motifs is 1. The summed E-state index contributed by atoms with van der Waals surface area (Å²) in [5, 5.41) is 0.677. The minimum Gasteiger partial charge on any atom is -0.491 e. The Morgan fingerprint density at radius 2 is 1.69 bits per heavy atom. The Balaban J connectivity index is 1.83. The fourth-order valence-corrected chi connectivity index (χ4v) is 4.17. The average molecular weight is 374 g/mol.